The van der Waals surface area contributed by atoms with Crippen LogP contribution in [0.3, 0.4) is 0 Å². The van der Waals surface area contributed by atoms with Gasteiger partial charge in [0, 0.05) is 10.4 Å². The molecule has 0 radical (unpaired) electrons. The summed E-state index contributed by atoms with van der Waals surface area (Å²) in [6, 6.07) is 7.99. The van der Waals surface area contributed by atoms with Gasteiger partial charge in [0.2, 0.25) is 0 Å². The van der Waals surface area contributed by atoms with E-state index in [1.54, 1.807) is 0 Å². The molecule has 94 valence electrons. The smallest absolute Gasteiger partial charge is 0.119 e. The Morgan fingerprint density at radius 2 is 1.88 bits per heavy atom. The Morgan fingerprint density at radius 1 is 1.24 bits per heavy atom. The van der Waals surface area contributed by atoms with Crippen LogP contribution in [0.25, 0.3) is 0 Å². The minimum atomic E-state index is 0.515. The Morgan fingerprint density at radius 3 is 2.47 bits per heavy atom. The first-order valence-corrected chi connectivity index (χ1v) is 7.17. The van der Waals surface area contributed by atoms with Crippen LogP contribution in [0.4, 0.5) is 0 Å². The lowest BCUT2D eigenvalue weighted by Gasteiger charge is -2.21. The average molecular weight is 298 g/mol. The number of nitrogens with two attached hydrogens (primary N) is 1. The van der Waals surface area contributed by atoms with E-state index in [2.05, 4.69) is 15.9 Å². The highest BCUT2D eigenvalue weighted by molar-refractivity contribution is 9.10. The summed E-state index contributed by atoms with van der Waals surface area (Å²) in [4.78, 5) is 0. The van der Waals surface area contributed by atoms with Crippen molar-refractivity contribution in [3.05, 3.63) is 28.7 Å². The van der Waals surface area contributed by atoms with Crippen molar-refractivity contribution in [3.63, 3.8) is 0 Å². The molecule has 0 aromatic heterocycles. The van der Waals surface area contributed by atoms with E-state index in [-0.39, 0.29) is 0 Å². The maximum Gasteiger partial charge on any atom is 0.119 e. The molecule has 0 saturated heterocycles. The molecule has 0 heterocycles. The SMILES string of the molecule is NCC(COc1ccc(Br)cc1)C1CCCC1. The summed E-state index contributed by atoms with van der Waals surface area (Å²) >= 11 is 3.42. The average Bonchev–Trinajstić information content (AvgIpc) is 2.86. The standard InChI is InChI=1S/C14H20BrNO/c15-13-5-7-14(8-6-13)17-10-12(9-16)11-3-1-2-4-11/h5-8,11-12H,1-4,9-10,16H2. The molecule has 1 aromatic carbocycles. The summed E-state index contributed by atoms with van der Waals surface area (Å²) < 4.78 is 6.91. The van der Waals surface area contributed by atoms with Crippen molar-refractivity contribution >= 4 is 15.9 Å². The second kappa shape index (κ2) is 6.41. The number of hydrogen-bond acceptors (Lipinski definition) is 2. The molecular weight excluding hydrogens is 278 g/mol. The van der Waals surface area contributed by atoms with Crippen LogP contribution in [0.5, 0.6) is 5.75 Å². The monoisotopic (exact) mass is 297 g/mol. The minimum absolute atomic E-state index is 0.515. The highest BCUT2D eigenvalue weighted by Gasteiger charge is 2.24. The summed E-state index contributed by atoms with van der Waals surface area (Å²) in [5, 5.41) is 0. The molecule has 1 aliphatic carbocycles. The third kappa shape index (κ3) is 3.71. The minimum Gasteiger partial charge on any atom is -0.493 e. The van der Waals surface area contributed by atoms with Gasteiger partial charge in [0.05, 0.1) is 6.61 Å². The van der Waals surface area contributed by atoms with Crippen LogP contribution in [0.1, 0.15) is 25.7 Å². The van der Waals surface area contributed by atoms with Crippen molar-refractivity contribution in [1.29, 1.82) is 0 Å². The fraction of sp³-hybridized carbons (Fsp3) is 0.571. The highest BCUT2D eigenvalue weighted by Crippen LogP contribution is 2.31. The van der Waals surface area contributed by atoms with E-state index in [1.165, 1.54) is 25.7 Å². The van der Waals surface area contributed by atoms with Crippen LogP contribution < -0.4 is 10.5 Å². The zero-order valence-corrected chi connectivity index (χ0v) is 11.7. The number of ether oxygens (including phenoxy) is 1. The predicted octanol–water partition coefficient (Wildman–Crippen LogP) is 3.59. The fourth-order valence-corrected chi connectivity index (χ4v) is 2.82. The van der Waals surface area contributed by atoms with E-state index in [4.69, 9.17) is 10.5 Å². The van der Waals surface area contributed by atoms with Gasteiger partial charge >= 0.3 is 0 Å². The van der Waals surface area contributed by atoms with Crippen LogP contribution in [0, 0.1) is 11.8 Å². The molecule has 0 amide bonds. The molecule has 2 N–H and O–H groups in total. The Kier molecular flexibility index (Phi) is 4.86. The highest BCUT2D eigenvalue weighted by atomic mass is 79.9. The van der Waals surface area contributed by atoms with Crippen molar-refractivity contribution in [2.45, 2.75) is 25.7 Å². The maximum absolute atomic E-state index is 5.85. The summed E-state index contributed by atoms with van der Waals surface area (Å²) in [6.45, 7) is 1.49. The third-order valence-corrected chi connectivity index (χ3v) is 4.18. The topological polar surface area (TPSA) is 35.2 Å². The summed E-state index contributed by atoms with van der Waals surface area (Å²) in [7, 11) is 0. The molecule has 0 spiro atoms. The number of halogens is 1. The van der Waals surface area contributed by atoms with E-state index >= 15 is 0 Å². The quantitative estimate of drug-likeness (QED) is 0.901. The normalized spacial score (nSPS) is 18.2. The van der Waals surface area contributed by atoms with Crippen LogP contribution in [-0.4, -0.2) is 13.2 Å². The zero-order valence-electron chi connectivity index (χ0n) is 10.1. The van der Waals surface area contributed by atoms with Crippen molar-refractivity contribution in [3.8, 4) is 5.75 Å². The lowest BCUT2D eigenvalue weighted by Crippen LogP contribution is -2.27. The molecule has 1 aromatic rings. The summed E-state index contributed by atoms with van der Waals surface area (Å²) in [5.41, 5.74) is 5.85. The molecule has 17 heavy (non-hydrogen) atoms. The van der Waals surface area contributed by atoms with Crippen LogP contribution in [0.2, 0.25) is 0 Å². The summed E-state index contributed by atoms with van der Waals surface area (Å²) in [5.74, 6) is 2.22. The van der Waals surface area contributed by atoms with Gasteiger partial charge in [-0.1, -0.05) is 41.6 Å². The lowest BCUT2D eigenvalue weighted by molar-refractivity contribution is 0.200. The molecule has 0 aliphatic heterocycles. The fourth-order valence-electron chi connectivity index (χ4n) is 2.56. The van der Waals surface area contributed by atoms with Gasteiger partial charge < -0.3 is 10.5 Å². The van der Waals surface area contributed by atoms with Gasteiger partial charge in [-0.25, -0.2) is 0 Å². The Balaban J connectivity index is 1.84. The van der Waals surface area contributed by atoms with Gasteiger partial charge in [-0.05, 0) is 36.7 Å². The third-order valence-electron chi connectivity index (χ3n) is 3.65. The first-order valence-electron chi connectivity index (χ1n) is 6.38. The van der Waals surface area contributed by atoms with Crippen molar-refractivity contribution < 1.29 is 4.74 Å². The number of benzene rings is 1. The largest absolute Gasteiger partial charge is 0.493 e. The van der Waals surface area contributed by atoms with E-state index in [1.807, 2.05) is 24.3 Å². The first kappa shape index (κ1) is 12.9. The Labute approximate surface area is 112 Å². The molecule has 2 rings (SSSR count). The summed E-state index contributed by atoms with van der Waals surface area (Å²) in [6.07, 6.45) is 5.37. The second-order valence-electron chi connectivity index (χ2n) is 4.81. The molecule has 1 saturated carbocycles. The number of hydrogen-bond donors (Lipinski definition) is 1. The first-order chi connectivity index (χ1) is 8.29. The molecular formula is C14H20BrNO. The van der Waals surface area contributed by atoms with Gasteiger partial charge in [-0.2, -0.15) is 0 Å². The van der Waals surface area contributed by atoms with Crippen LogP contribution >= 0.6 is 15.9 Å². The van der Waals surface area contributed by atoms with Crippen LogP contribution in [-0.2, 0) is 0 Å². The van der Waals surface area contributed by atoms with E-state index in [9.17, 15) is 0 Å². The molecule has 2 nitrogen and oxygen atoms in total. The van der Waals surface area contributed by atoms with E-state index in [0.717, 1.165) is 29.3 Å². The predicted molar refractivity (Wildman–Crippen MR) is 74.1 cm³/mol. The lowest BCUT2D eigenvalue weighted by atomic mass is 9.92. The molecule has 1 unspecified atom stereocenters. The Bertz CT molecular complexity index is 333. The zero-order chi connectivity index (χ0) is 12.1. The van der Waals surface area contributed by atoms with Gasteiger partial charge in [0.25, 0.3) is 0 Å². The van der Waals surface area contributed by atoms with Gasteiger partial charge in [0.1, 0.15) is 5.75 Å². The van der Waals surface area contributed by atoms with Crippen LogP contribution in [0.15, 0.2) is 28.7 Å². The number of rotatable bonds is 5. The Hall–Kier alpha value is -0.540. The van der Waals surface area contributed by atoms with Gasteiger partial charge in [-0.15, -0.1) is 0 Å². The van der Waals surface area contributed by atoms with Crippen molar-refractivity contribution in [2.75, 3.05) is 13.2 Å². The maximum atomic E-state index is 5.85. The van der Waals surface area contributed by atoms with E-state index < -0.39 is 0 Å². The molecule has 1 fully saturated rings. The molecule has 1 aliphatic rings. The molecule has 0 bridgehead atoms. The molecule has 1 atom stereocenters. The van der Waals surface area contributed by atoms with Gasteiger partial charge in [0.15, 0.2) is 0 Å². The van der Waals surface area contributed by atoms with Crippen molar-refractivity contribution in [1.82, 2.24) is 0 Å². The molecule has 3 heteroatoms. The van der Waals surface area contributed by atoms with Crippen molar-refractivity contribution in [2.24, 2.45) is 17.6 Å². The van der Waals surface area contributed by atoms with Gasteiger partial charge in [-0.3, -0.25) is 0 Å². The van der Waals surface area contributed by atoms with E-state index in [0.29, 0.717) is 5.92 Å². The second-order valence-corrected chi connectivity index (χ2v) is 5.72.